The molecule has 15 heavy (non-hydrogen) atoms. The zero-order valence-corrected chi connectivity index (χ0v) is 12.1. The molecule has 0 aliphatic carbocycles. The fourth-order valence-electron chi connectivity index (χ4n) is 1.57. The number of hydrogen-bond donors (Lipinski definition) is 0. The third-order valence-corrected chi connectivity index (χ3v) is 4.39. The Bertz CT molecular complexity index is 259. The molecule has 1 aromatic rings. The molecule has 0 spiro atoms. The first-order chi connectivity index (χ1) is 7.13. The molecule has 1 atom stereocenters. The van der Waals surface area contributed by atoms with Gasteiger partial charge in [-0.15, -0.1) is 11.3 Å². The maximum Gasteiger partial charge on any atom is 0.0324 e. The second kappa shape index (κ2) is 6.66. The van der Waals surface area contributed by atoms with Gasteiger partial charge in [0.05, 0.1) is 0 Å². The first-order valence-corrected chi connectivity index (χ1v) is 7.40. The van der Waals surface area contributed by atoms with Crippen molar-refractivity contribution in [1.29, 1.82) is 0 Å². The van der Waals surface area contributed by atoms with E-state index in [4.69, 9.17) is 0 Å². The zero-order valence-electron chi connectivity index (χ0n) is 9.74. The molecule has 3 heteroatoms. The summed E-state index contributed by atoms with van der Waals surface area (Å²) in [6.07, 6.45) is 0. The Kier molecular flexibility index (Phi) is 5.87. The molecule has 0 saturated carbocycles. The lowest BCUT2D eigenvalue weighted by molar-refractivity contribution is 0.249. The van der Waals surface area contributed by atoms with Gasteiger partial charge >= 0.3 is 0 Å². The summed E-state index contributed by atoms with van der Waals surface area (Å²) in [7, 11) is 2.21. The molecular formula is C12H20BrNS. The highest BCUT2D eigenvalue weighted by atomic mass is 79.9. The second-order valence-corrected chi connectivity index (χ2v) is 6.11. The Hall–Kier alpha value is 0.140. The van der Waals surface area contributed by atoms with Gasteiger partial charge in [0.25, 0.3) is 0 Å². The van der Waals surface area contributed by atoms with Gasteiger partial charge in [-0.3, -0.25) is 0 Å². The predicted octanol–water partition coefficient (Wildman–Crippen LogP) is 3.85. The van der Waals surface area contributed by atoms with Gasteiger partial charge in [0.15, 0.2) is 0 Å². The van der Waals surface area contributed by atoms with Crippen LogP contribution in [0.25, 0.3) is 0 Å². The predicted molar refractivity (Wildman–Crippen MR) is 72.8 cm³/mol. The van der Waals surface area contributed by atoms with E-state index in [1.807, 2.05) is 11.3 Å². The smallest absolute Gasteiger partial charge is 0.0324 e. The van der Waals surface area contributed by atoms with E-state index in [2.05, 4.69) is 59.2 Å². The molecule has 1 nitrogen and oxygen atoms in total. The van der Waals surface area contributed by atoms with Crippen LogP contribution < -0.4 is 0 Å². The number of alkyl halides is 1. The quantitative estimate of drug-likeness (QED) is 0.719. The van der Waals surface area contributed by atoms with Crippen molar-refractivity contribution in [1.82, 2.24) is 4.90 Å². The SMILES string of the molecule is CC(C)C(CBr)CN(C)Cc1cccs1. The van der Waals surface area contributed by atoms with Crippen LogP contribution >= 0.6 is 27.3 Å². The van der Waals surface area contributed by atoms with Crippen LogP contribution in [0.4, 0.5) is 0 Å². The van der Waals surface area contributed by atoms with E-state index >= 15 is 0 Å². The van der Waals surface area contributed by atoms with Crippen LogP contribution in [-0.2, 0) is 6.54 Å². The number of thiophene rings is 1. The second-order valence-electron chi connectivity index (χ2n) is 4.43. The minimum atomic E-state index is 0.745. The maximum atomic E-state index is 3.60. The van der Waals surface area contributed by atoms with Gasteiger partial charge in [-0.2, -0.15) is 0 Å². The lowest BCUT2D eigenvalue weighted by Crippen LogP contribution is -2.28. The molecule has 0 aromatic carbocycles. The Morgan fingerprint density at radius 3 is 2.67 bits per heavy atom. The Morgan fingerprint density at radius 1 is 1.47 bits per heavy atom. The molecule has 0 amide bonds. The standard InChI is InChI=1S/C12H20BrNS/c1-10(2)11(7-13)8-14(3)9-12-5-4-6-15-12/h4-6,10-11H,7-9H2,1-3H3. The lowest BCUT2D eigenvalue weighted by atomic mass is 9.98. The van der Waals surface area contributed by atoms with E-state index in [1.165, 1.54) is 11.4 Å². The van der Waals surface area contributed by atoms with Crippen molar-refractivity contribution in [2.24, 2.45) is 11.8 Å². The molecular weight excluding hydrogens is 270 g/mol. The minimum Gasteiger partial charge on any atom is -0.301 e. The first-order valence-electron chi connectivity index (χ1n) is 5.40. The molecule has 1 aromatic heterocycles. The zero-order chi connectivity index (χ0) is 11.3. The fraction of sp³-hybridized carbons (Fsp3) is 0.667. The van der Waals surface area contributed by atoms with Crippen molar-refractivity contribution in [3.8, 4) is 0 Å². The van der Waals surface area contributed by atoms with Gasteiger partial charge < -0.3 is 4.90 Å². The van der Waals surface area contributed by atoms with E-state index < -0.39 is 0 Å². The maximum absolute atomic E-state index is 3.60. The molecule has 1 unspecified atom stereocenters. The molecule has 1 rings (SSSR count). The average molecular weight is 290 g/mol. The largest absolute Gasteiger partial charge is 0.301 e. The summed E-state index contributed by atoms with van der Waals surface area (Å²) in [5.74, 6) is 1.49. The summed E-state index contributed by atoms with van der Waals surface area (Å²) in [4.78, 5) is 3.87. The van der Waals surface area contributed by atoms with Crippen LogP contribution in [0.2, 0.25) is 0 Å². The van der Waals surface area contributed by atoms with Crippen LogP contribution in [0, 0.1) is 11.8 Å². The van der Waals surface area contributed by atoms with E-state index in [-0.39, 0.29) is 0 Å². The summed E-state index contributed by atoms with van der Waals surface area (Å²) < 4.78 is 0. The van der Waals surface area contributed by atoms with E-state index in [0.717, 1.165) is 23.7 Å². The number of hydrogen-bond acceptors (Lipinski definition) is 2. The van der Waals surface area contributed by atoms with Crippen LogP contribution in [0.3, 0.4) is 0 Å². The third-order valence-electron chi connectivity index (χ3n) is 2.69. The summed E-state index contributed by atoms with van der Waals surface area (Å²) in [5, 5.41) is 3.24. The Labute approximate surface area is 106 Å². The summed E-state index contributed by atoms with van der Waals surface area (Å²) >= 11 is 5.44. The highest BCUT2D eigenvalue weighted by Gasteiger charge is 2.14. The average Bonchev–Trinajstić information content (AvgIpc) is 2.66. The minimum absolute atomic E-state index is 0.745. The van der Waals surface area contributed by atoms with Gasteiger partial charge in [-0.1, -0.05) is 35.8 Å². The molecule has 0 N–H and O–H groups in total. The highest BCUT2D eigenvalue weighted by molar-refractivity contribution is 9.09. The van der Waals surface area contributed by atoms with E-state index in [9.17, 15) is 0 Å². The summed E-state index contributed by atoms with van der Waals surface area (Å²) in [5.41, 5.74) is 0. The lowest BCUT2D eigenvalue weighted by Gasteiger charge is -2.24. The van der Waals surface area contributed by atoms with Crippen LogP contribution in [-0.4, -0.2) is 23.8 Å². The normalized spacial score (nSPS) is 13.7. The van der Waals surface area contributed by atoms with Gasteiger partial charge in [0.2, 0.25) is 0 Å². The third kappa shape index (κ3) is 4.66. The first kappa shape index (κ1) is 13.2. The van der Waals surface area contributed by atoms with Crippen molar-refractivity contribution in [2.45, 2.75) is 20.4 Å². The number of rotatable bonds is 6. The molecule has 0 aliphatic heterocycles. The Balaban J connectivity index is 2.37. The monoisotopic (exact) mass is 289 g/mol. The van der Waals surface area contributed by atoms with Gasteiger partial charge in [0.1, 0.15) is 0 Å². The van der Waals surface area contributed by atoms with Crippen molar-refractivity contribution < 1.29 is 0 Å². The molecule has 0 radical (unpaired) electrons. The van der Waals surface area contributed by atoms with Crippen molar-refractivity contribution in [2.75, 3.05) is 18.9 Å². The van der Waals surface area contributed by atoms with E-state index in [0.29, 0.717) is 0 Å². The number of halogens is 1. The Morgan fingerprint density at radius 2 is 2.20 bits per heavy atom. The topological polar surface area (TPSA) is 3.24 Å². The molecule has 0 saturated heterocycles. The fourth-order valence-corrected chi connectivity index (χ4v) is 3.31. The molecule has 86 valence electrons. The molecule has 0 aliphatic rings. The highest BCUT2D eigenvalue weighted by Crippen LogP contribution is 2.17. The van der Waals surface area contributed by atoms with Crippen LogP contribution in [0.5, 0.6) is 0 Å². The molecule has 0 fully saturated rings. The summed E-state index contributed by atoms with van der Waals surface area (Å²) in [6.45, 7) is 6.84. The van der Waals surface area contributed by atoms with Gasteiger partial charge in [0, 0.05) is 23.3 Å². The van der Waals surface area contributed by atoms with Crippen molar-refractivity contribution in [3.63, 3.8) is 0 Å². The molecule has 0 bridgehead atoms. The van der Waals surface area contributed by atoms with Crippen LogP contribution in [0.1, 0.15) is 18.7 Å². The van der Waals surface area contributed by atoms with Gasteiger partial charge in [-0.05, 0) is 30.3 Å². The molecule has 1 heterocycles. The van der Waals surface area contributed by atoms with Crippen LogP contribution in [0.15, 0.2) is 17.5 Å². The van der Waals surface area contributed by atoms with Crippen molar-refractivity contribution >= 4 is 27.3 Å². The van der Waals surface area contributed by atoms with E-state index in [1.54, 1.807) is 0 Å². The summed E-state index contributed by atoms with van der Waals surface area (Å²) in [6, 6.07) is 4.33. The number of nitrogens with zero attached hydrogens (tertiary/aromatic N) is 1. The van der Waals surface area contributed by atoms with Gasteiger partial charge in [-0.25, -0.2) is 0 Å². The van der Waals surface area contributed by atoms with Crippen molar-refractivity contribution in [3.05, 3.63) is 22.4 Å².